The molecule has 2 aromatic carbocycles. The van der Waals surface area contributed by atoms with E-state index in [1.165, 1.54) is 11.1 Å². The maximum Gasteiger partial charge on any atom is 0.276 e. The monoisotopic (exact) mass is 314 g/mol. The van der Waals surface area contributed by atoms with Gasteiger partial charge in [-0.2, -0.15) is 0 Å². The molecule has 1 unspecified atom stereocenters. The summed E-state index contributed by atoms with van der Waals surface area (Å²) in [6.07, 6.45) is 1.66. The van der Waals surface area contributed by atoms with Crippen molar-refractivity contribution >= 4 is 11.6 Å². The molecule has 3 heteroatoms. The van der Waals surface area contributed by atoms with Crippen LogP contribution in [-0.2, 0) is 5.41 Å². The number of fused-ring (bicyclic) bond motifs is 1. The maximum absolute atomic E-state index is 13.0. The van der Waals surface area contributed by atoms with Gasteiger partial charge in [-0.1, -0.05) is 54.6 Å². The SMILES string of the molecule is CC1(c2ccccc2)CN(C(=O)c2ccccn2)c2ccccc21. The van der Waals surface area contributed by atoms with E-state index in [1.807, 2.05) is 53.4 Å². The van der Waals surface area contributed by atoms with Gasteiger partial charge in [0, 0.05) is 23.8 Å². The third kappa shape index (κ3) is 2.21. The molecule has 1 aliphatic rings. The third-order valence-electron chi connectivity index (χ3n) is 4.80. The van der Waals surface area contributed by atoms with E-state index in [4.69, 9.17) is 0 Å². The van der Waals surface area contributed by atoms with Crippen LogP contribution in [0.5, 0.6) is 0 Å². The fourth-order valence-corrected chi connectivity index (χ4v) is 3.52. The Kier molecular flexibility index (Phi) is 3.42. The molecule has 0 aliphatic carbocycles. The first-order valence-corrected chi connectivity index (χ1v) is 8.08. The number of rotatable bonds is 2. The van der Waals surface area contributed by atoms with Crippen molar-refractivity contribution in [2.75, 3.05) is 11.4 Å². The largest absolute Gasteiger partial charge is 0.305 e. The van der Waals surface area contributed by atoms with Gasteiger partial charge in [0.05, 0.1) is 0 Å². The Bertz CT molecular complexity index is 877. The van der Waals surface area contributed by atoms with Crippen LogP contribution < -0.4 is 4.90 Å². The van der Waals surface area contributed by atoms with Crippen LogP contribution in [0.1, 0.15) is 28.5 Å². The molecular formula is C21H18N2O. The number of carbonyl (C=O) groups is 1. The molecule has 2 heterocycles. The first kappa shape index (κ1) is 14.6. The Morgan fingerprint density at radius 3 is 2.42 bits per heavy atom. The lowest BCUT2D eigenvalue weighted by atomic mass is 9.78. The van der Waals surface area contributed by atoms with Crippen LogP contribution in [0.4, 0.5) is 5.69 Å². The maximum atomic E-state index is 13.0. The standard InChI is InChI=1S/C21H18N2O/c1-21(16-9-3-2-4-10-16)15-23(19-13-6-5-11-17(19)21)20(24)18-12-7-8-14-22-18/h2-14H,15H2,1H3. The fourth-order valence-electron chi connectivity index (χ4n) is 3.52. The predicted molar refractivity (Wildman–Crippen MR) is 95.3 cm³/mol. The van der Waals surface area contributed by atoms with Crippen LogP contribution in [-0.4, -0.2) is 17.4 Å². The van der Waals surface area contributed by atoms with Crippen LogP contribution in [0.2, 0.25) is 0 Å². The lowest BCUT2D eigenvalue weighted by molar-refractivity contribution is 0.0982. The van der Waals surface area contributed by atoms with E-state index in [0.717, 1.165) is 5.69 Å². The Labute approximate surface area is 141 Å². The Morgan fingerprint density at radius 1 is 0.958 bits per heavy atom. The van der Waals surface area contributed by atoms with Gasteiger partial charge in [-0.3, -0.25) is 9.78 Å². The number of carbonyl (C=O) groups excluding carboxylic acids is 1. The highest BCUT2D eigenvalue weighted by Crippen LogP contribution is 2.45. The van der Waals surface area contributed by atoms with E-state index < -0.39 is 0 Å². The average molecular weight is 314 g/mol. The molecule has 1 atom stereocenters. The number of benzene rings is 2. The van der Waals surface area contributed by atoms with Crippen molar-refractivity contribution in [2.45, 2.75) is 12.3 Å². The number of hydrogen-bond donors (Lipinski definition) is 0. The van der Waals surface area contributed by atoms with Crippen LogP contribution in [0, 0.1) is 0 Å². The second kappa shape index (κ2) is 5.60. The summed E-state index contributed by atoms with van der Waals surface area (Å²) in [5.41, 5.74) is 3.63. The van der Waals surface area contributed by atoms with Crippen molar-refractivity contribution in [1.29, 1.82) is 0 Å². The third-order valence-corrected chi connectivity index (χ3v) is 4.80. The van der Waals surface area contributed by atoms with Gasteiger partial charge in [0.15, 0.2) is 0 Å². The molecule has 118 valence electrons. The van der Waals surface area contributed by atoms with Crippen molar-refractivity contribution in [3.05, 3.63) is 95.8 Å². The number of anilines is 1. The van der Waals surface area contributed by atoms with Crippen LogP contribution in [0.3, 0.4) is 0 Å². The summed E-state index contributed by atoms with van der Waals surface area (Å²) in [5.74, 6) is -0.0530. The van der Waals surface area contributed by atoms with Gasteiger partial charge in [0.2, 0.25) is 0 Å². The van der Waals surface area contributed by atoms with Gasteiger partial charge in [0.1, 0.15) is 5.69 Å². The molecule has 4 rings (SSSR count). The minimum atomic E-state index is -0.220. The van der Waals surface area contributed by atoms with Crippen molar-refractivity contribution < 1.29 is 4.79 Å². The van der Waals surface area contributed by atoms with Gasteiger partial charge in [-0.15, -0.1) is 0 Å². The van der Waals surface area contributed by atoms with E-state index in [9.17, 15) is 4.79 Å². The molecule has 0 radical (unpaired) electrons. The zero-order valence-corrected chi connectivity index (χ0v) is 13.5. The summed E-state index contributed by atoms with van der Waals surface area (Å²) < 4.78 is 0. The second-order valence-electron chi connectivity index (χ2n) is 6.32. The van der Waals surface area contributed by atoms with Crippen molar-refractivity contribution in [3.63, 3.8) is 0 Å². The highest BCUT2D eigenvalue weighted by atomic mass is 16.2. The minimum absolute atomic E-state index is 0.0530. The Morgan fingerprint density at radius 2 is 1.67 bits per heavy atom. The number of pyridine rings is 1. The summed E-state index contributed by atoms with van der Waals surface area (Å²) in [6, 6.07) is 24.0. The van der Waals surface area contributed by atoms with Crippen LogP contribution in [0.25, 0.3) is 0 Å². The first-order chi connectivity index (χ1) is 11.7. The molecule has 3 nitrogen and oxygen atoms in total. The Balaban J connectivity index is 1.81. The lowest BCUT2D eigenvalue weighted by Crippen LogP contribution is -2.36. The summed E-state index contributed by atoms with van der Waals surface area (Å²) in [6.45, 7) is 2.82. The van der Waals surface area contributed by atoms with Crippen molar-refractivity contribution in [2.24, 2.45) is 0 Å². The molecule has 0 bridgehead atoms. The number of nitrogens with zero attached hydrogens (tertiary/aromatic N) is 2. The van der Waals surface area contributed by atoms with Crippen LogP contribution >= 0.6 is 0 Å². The molecule has 1 aliphatic heterocycles. The lowest BCUT2D eigenvalue weighted by Gasteiger charge is -2.26. The van der Waals surface area contributed by atoms with E-state index in [1.54, 1.807) is 12.3 Å². The molecule has 0 N–H and O–H groups in total. The first-order valence-electron chi connectivity index (χ1n) is 8.08. The molecule has 1 amide bonds. The molecule has 1 aromatic heterocycles. The highest BCUT2D eigenvalue weighted by molar-refractivity contribution is 6.06. The van der Waals surface area contributed by atoms with Crippen LogP contribution in [0.15, 0.2) is 79.0 Å². The van der Waals surface area contributed by atoms with Gasteiger partial charge in [0.25, 0.3) is 5.91 Å². The normalized spacial score (nSPS) is 19.1. The van der Waals surface area contributed by atoms with Gasteiger partial charge in [-0.25, -0.2) is 0 Å². The summed E-state index contributed by atoms with van der Waals surface area (Å²) in [4.78, 5) is 19.1. The van der Waals surface area contributed by atoms with Gasteiger partial charge >= 0.3 is 0 Å². The molecule has 0 fully saturated rings. The van der Waals surface area contributed by atoms with Crippen molar-refractivity contribution in [3.8, 4) is 0 Å². The molecule has 0 saturated heterocycles. The smallest absolute Gasteiger partial charge is 0.276 e. The number of amides is 1. The van der Waals surface area contributed by atoms with E-state index in [-0.39, 0.29) is 11.3 Å². The topological polar surface area (TPSA) is 33.2 Å². The van der Waals surface area contributed by atoms with Gasteiger partial charge < -0.3 is 4.90 Å². The number of para-hydroxylation sites is 1. The average Bonchev–Trinajstić information content (AvgIpc) is 2.97. The minimum Gasteiger partial charge on any atom is -0.305 e. The van der Waals surface area contributed by atoms with Gasteiger partial charge in [-0.05, 0) is 36.2 Å². The molecule has 0 saturated carbocycles. The number of aromatic nitrogens is 1. The van der Waals surface area contributed by atoms with E-state index in [2.05, 4.69) is 30.1 Å². The predicted octanol–water partition coefficient (Wildman–Crippen LogP) is 4.05. The van der Waals surface area contributed by atoms with E-state index >= 15 is 0 Å². The molecule has 24 heavy (non-hydrogen) atoms. The second-order valence-corrected chi connectivity index (χ2v) is 6.32. The summed E-state index contributed by atoms with van der Waals surface area (Å²) in [5, 5.41) is 0. The summed E-state index contributed by atoms with van der Waals surface area (Å²) >= 11 is 0. The van der Waals surface area contributed by atoms with Crippen molar-refractivity contribution in [1.82, 2.24) is 4.98 Å². The quantitative estimate of drug-likeness (QED) is 0.715. The van der Waals surface area contributed by atoms with E-state index in [0.29, 0.717) is 12.2 Å². The molecule has 0 spiro atoms. The Hall–Kier alpha value is -2.94. The fraction of sp³-hybridized carbons (Fsp3) is 0.143. The summed E-state index contributed by atoms with van der Waals surface area (Å²) in [7, 11) is 0. The molecular weight excluding hydrogens is 296 g/mol. The zero-order chi connectivity index (χ0) is 16.6. The molecule has 3 aromatic rings. The number of hydrogen-bond acceptors (Lipinski definition) is 2. The zero-order valence-electron chi connectivity index (χ0n) is 13.5. The highest BCUT2D eigenvalue weighted by Gasteiger charge is 2.42.